The van der Waals surface area contributed by atoms with Crippen LogP contribution in [0.2, 0.25) is 0 Å². The van der Waals surface area contributed by atoms with Crippen molar-refractivity contribution in [1.29, 1.82) is 0 Å². The maximum atomic E-state index is 5.85. The molecule has 2 aromatic heterocycles. The molecule has 6 nitrogen and oxygen atoms in total. The molecular weight excluding hydrogens is 256 g/mol. The predicted molar refractivity (Wildman–Crippen MR) is 71.9 cm³/mol. The zero-order chi connectivity index (χ0) is 14.2. The molecule has 3 rings (SSSR count). The molecule has 0 spiro atoms. The van der Waals surface area contributed by atoms with Crippen LogP contribution in [0.25, 0.3) is 11.6 Å². The molecule has 1 aliphatic heterocycles. The van der Waals surface area contributed by atoms with Gasteiger partial charge in [-0.15, -0.1) is 0 Å². The van der Waals surface area contributed by atoms with Gasteiger partial charge in [0, 0.05) is 19.0 Å². The van der Waals surface area contributed by atoms with Crippen LogP contribution >= 0.6 is 0 Å². The summed E-state index contributed by atoms with van der Waals surface area (Å²) in [7, 11) is 0. The minimum Gasteiger partial charge on any atom is -0.377 e. The van der Waals surface area contributed by atoms with Crippen molar-refractivity contribution in [2.45, 2.75) is 39.2 Å². The van der Waals surface area contributed by atoms with E-state index >= 15 is 0 Å². The molecule has 0 N–H and O–H groups in total. The van der Waals surface area contributed by atoms with E-state index < -0.39 is 0 Å². The van der Waals surface area contributed by atoms with Crippen molar-refractivity contribution in [3.05, 3.63) is 24.4 Å². The molecule has 1 aliphatic rings. The Morgan fingerprint density at radius 2 is 2.10 bits per heavy atom. The van der Waals surface area contributed by atoms with Crippen LogP contribution < -0.4 is 0 Å². The van der Waals surface area contributed by atoms with E-state index in [9.17, 15) is 0 Å². The maximum Gasteiger partial charge on any atom is 0.278 e. The standard InChI is InChI=1S/C14H18N4O2/c1-14(2,3)11-9(4-7-19-11)12-17-13(20-18-12)10-8-15-5-6-16-10/h5-6,8-9,11H,4,7H2,1-3H3/t9-,11-/m0/s1. The van der Waals surface area contributed by atoms with E-state index in [1.807, 2.05) is 0 Å². The largest absolute Gasteiger partial charge is 0.377 e. The number of hydrogen-bond acceptors (Lipinski definition) is 6. The molecule has 0 aliphatic carbocycles. The molecular formula is C14H18N4O2. The summed E-state index contributed by atoms with van der Waals surface area (Å²) < 4.78 is 11.2. The summed E-state index contributed by atoms with van der Waals surface area (Å²) in [6, 6.07) is 0. The lowest BCUT2D eigenvalue weighted by Gasteiger charge is -2.29. The normalized spacial score (nSPS) is 23.1. The van der Waals surface area contributed by atoms with Crippen molar-refractivity contribution in [2.24, 2.45) is 5.41 Å². The Kier molecular flexibility index (Phi) is 3.25. The second-order valence-electron chi connectivity index (χ2n) is 6.10. The van der Waals surface area contributed by atoms with Crippen LogP contribution in [0.3, 0.4) is 0 Å². The number of hydrogen-bond donors (Lipinski definition) is 0. The quantitative estimate of drug-likeness (QED) is 0.837. The monoisotopic (exact) mass is 274 g/mol. The van der Waals surface area contributed by atoms with E-state index in [1.54, 1.807) is 18.6 Å². The molecule has 0 unspecified atom stereocenters. The fraction of sp³-hybridized carbons (Fsp3) is 0.571. The second-order valence-corrected chi connectivity index (χ2v) is 6.10. The molecule has 2 aromatic rings. The highest BCUT2D eigenvalue weighted by atomic mass is 16.5. The van der Waals surface area contributed by atoms with Crippen LogP contribution in [0.1, 0.15) is 38.9 Å². The van der Waals surface area contributed by atoms with Gasteiger partial charge in [0.25, 0.3) is 5.89 Å². The summed E-state index contributed by atoms with van der Waals surface area (Å²) in [6.07, 6.45) is 5.86. The molecule has 0 amide bonds. The molecule has 3 heterocycles. The fourth-order valence-electron chi connectivity index (χ4n) is 2.61. The van der Waals surface area contributed by atoms with Crippen LogP contribution in [-0.4, -0.2) is 32.8 Å². The summed E-state index contributed by atoms with van der Waals surface area (Å²) in [5.41, 5.74) is 0.645. The highest BCUT2D eigenvalue weighted by Crippen LogP contribution is 2.40. The lowest BCUT2D eigenvalue weighted by atomic mass is 9.81. The Morgan fingerprint density at radius 1 is 1.25 bits per heavy atom. The first-order chi connectivity index (χ1) is 9.55. The van der Waals surface area contributed by atoms with Crippen LogP contribution in [-0.2, 0) is 4.74 Å². The third kappa shape index (κ3) is 2.43. The Bertz CT molecular complexity index is 576. The number of ether oxygens (including phenoxy) is 1. The van der Waals surface area contributed by atoms with Crippen LogP contribution in [0, 0.1) is 5.41 Å². The second kappa shape index (κ2) is 4.94. The molecule has 0 aromatic carbocycles. The van der Waals surface area contributed by atoms with Gasteiger partial charge in [0.05, 0.1) is 18.2 Å². The van der Waals surface area contributed by atoms with Gasteiger partial charge < -0.3 is 9.26 Å². The average molecular weight is 274 g/mol. The molecule has 106 valence electrons. The third-order valence-corrected chi connectivity index (χ3v) is 3.50. The first-order valence-corrected chi connectivity index (χ1v) is 6.77. The summed E-state index contributed by atoms with van der Waals surface area (Å²) in [5, 5.41) is 4.10. The maximum absolute atomic E-state index is 5.85. The zero-order valence-corrected chi connectivity index (χ0v) is 11.9. The van der Waals surface area contributed by atoms with Gasteiger partial charge in [-0.3, -0.25) is 4.98 Å². The highest BCUT2D eigenvalue weighted by molar-refractivity contribution is 5.43. The van der Waals surface area contributed by atoms with Gasteiger partial charge in [-0.05, 0) is 11.8 Å². The Balaban J connectivity index is 1.87. The average Bonchev–Trinajstić information content (AvgIpc) is 3.08. The fourth-order valence-corrected chi connectivity index (χ4v) is 2.61. The van der Waals surface area contributed by atoms with Crippen molar-refractivity contribution in [3.8, 4) is 11.6 Å². The van der Waals surface area contributed by atoms with Gasteiger partial charge in [0.2, 0.25) is 0 Å². The van der Waals surface area contributed by atoms with Crippen molar-refractivity contribution in [2.75, 3.05) is 6.61 Å². The molecule has 0 bridgehead atoms. The van der Waals surface area contributed by atoms with E-state index in [0.29, 0.717) is 17.4 Å². The van der Waals surface area contributed by atoms with Gasteiger partial charge in [0.15, 0.2) is 5.82 Å². The van der Waals surface area contributed by atoms with Gasteiger partial charge in [-0.1, -0.05) is 25.9 Å². The number of nitrogens with zero attached hydrogens (tertiary/aromatic N) is 4. The van der Waals surface area contributed by atoms with E-state index in [2.05, 4.69) is 40.9 Å². The van der Waals surface area contributed by atoms with Gasteiger partial charge >= 0.3 is 0 Å². The van der Waals surface area contributed by atoms with E-state index in [4.69, 9.17) is 9.26 Å². The zero-order valence-electron chi connectivity index (χ0n) is 11.9. The summed E-state index contributed by atoms with van der Waals surface area (Å²) in [6.45, 7) is 7.24. The van der Waals surface area contributed by atoms with Crippen LogP contribution in [0.15, 0.2) is 23.1 Å². The van der Waals surface area contributed by atoms with Crippen LogP contribution in [0.4, 0.5) is 0 Å². The first-order valence-electron chi connectivity index (χ1n) is 6.77. The first kappa shape index (κ1) is 13.2. The molecule has 6 heteroatoms. The SMILES string of the molecule is CC(C)(C)[C@H]1OCC[C@@H]1c1noc(-c2cnccn2)n1. The van der Waals surface area contributed by atoms with E-state index in [1.165, 1.54) is 0 Å². The lowest BCUT2D eigenvalue weighted by Crippen LogP contribution is -2.30. The van der Waals surface area contributed by atoms with Crippen molar-refractivity contribution < 1.29 is 9.26 Å². The molecule has 0 saturated carbocycles. The number of aromatic nitrogens is 4. The minimum absolute atomic E-state index is 0.0501. The van der Waals surface area contributed by atoms with Gasteiger partial charge in [-0.2, -0.15) is 4.98 Å². The van der Waals surface area contributed by atoms with Crippen molar-refractivity contribution in [3.63, 3.8) is 0 Å². The number of rotatable bonds is 2. The Morgan fingerprint density at radius 3 is 2.80 bits per heavy atom. The topological polar surface area (TPSA) is 73.9 Å². The molecule has 20 heavy (non-hydrogen) atoms. The molecule has 1 fully saturated rings. The lowest BCUT2D eigenvalue weighted by molar-refractivity contribution is 0.0193. The summed E-state index contributed by atoms with van der Waals surface area (Å²) in [4.78, 5) is 12.6. The van der Waals surface area contributed by atoms with Crippen molar-refractivity contribution in [1.82, 2.24) is 20.1 Å². The smallest absolute Gasteiger partial charge is 0.278 e. The highest BCUT2D eigenvalue weighted by Gasteiger charge is 2.40. The minimum atomic E-state index is 0.0501. The van der Waals surface area contributed by atoms with E-state index in [-0.39, 0.29) is 17.4 Å². The summed E-state index contributed by atoms with van der Waals surface area (Å²) in [5.74, 6) is 1.28. The molecule has 2 atom stereocenters. The van der Waals surface area contributed by atoms with Gasteiger partial charge in [-0.25, -0.2) is 4.98 Å². The van der Waals surface area contributed by atoms with Gasteiger partial charge in [0.1, 0.15) is 5.69 Å². The predicted octanol–water partition coefficient (Wildman–Crippen LogP) is 2.45. The Hall–Kier alpha value is -1.82. The van der Waals surface area contributed by atoms with Crippen molar-refractivity contribution >= 4 is 0 Å². The summed E-state index contributed by atoms with van der Waals surface area (Å²) >= 11 is 0. The van der Waals surface area contributed by atoms with Crippen LogP contribution in [0.5, 0.6) is 0 Å². The van der Waals surface area contributed by atoms with E-state index in [0.717, 1.165) is 13.0 Å². The molecule has 0 radical (unpaired) electrons. The molecule has 1 saturated heterocycles. The Labute approximate surface area is 117 Å². The third-order valence-electron chi connectivity index (χ3n) is 3.50.